The zero-order valence-corrected chi connectivity index (χ0v) is 18.0. The van der Waals surface area contributed by atoms with Gasteiger partial charge >= 0.3 is 0 Å². The molecule has 0 fully saturated rings. The maximum absolute atomic E-state index is 12.3. The van der Waals surface area contributed by atoms with Crippen molar-refractivity contribution in [2.45, 2.75) is 18.4 Å². The Kier molecular flexibility index (Phi) is 6.39. The van der Waals surface area contributed by atoms with Gasteiger partial charge in [-0.3, -0.25) is 4.79 Å². The minimum absolute atomic E-state index is 0.0812. The van der Waals surface area contributed by atoms with Crippen LogP contribution in [0.3, 0.4) is 0 Å². The SMILES string of the molecule is CCOc1ccc2nc(SCC(=O)NCCc3c[nH]c4ccccc34)c(C#N)cc2c1. The molecular weight excluding hydrogens is 408 g/mol. The number of benzene rings is 2. The number of amides is 1. The first-order valence-corrected chi connectivity index (χ1v) is 11.1. The summed E-state index contributed by atoms with van der Waals surface area (Å²) in [6.07, 6.45) is 2.74. The number of nitrogens with one attached hydrogen (secondary N) is 2. The Morgan fingerprint density at radius 1 is 1.26 bits per heavy atom. The second kappa shape index (κ2) is 9.54. The zero-order valence-electron chi connectivity index (χ0n) is 17.1. The van der Waals surface area contributed by atoms with Crippen LogP contribution in [-0.4, -0.2) is 34.8 Å². The number of nitriles is 1. The van der Waals surface area contributed by atoms with E-state index in [0.717, 1.165) is 28.6 Å². The van der Waals surface area contributed by atoms with Gasteiger partial charge in [0.25, 0.3) is 0 Å². The van der Waals surface area contributed by atoms with Crippen LogP contribution in [0.2, 0.25) is 0 Å². The van der Waals surface area contributed by atoms with Crippen molar-refractivity contribution in [1.82, 2.24) is 15.3 Å². The molecule has 1 amide bonds. The first-order valence-electron chi connectivity index (χ1n) is 10.1. The molecule has 6 nitrogen and oxygen atoms in total. The largest absolute Gasteiger partial charge is 0.494 e. The van der Waals surface area contributed by atoms with E-state index in [-0.39, 0.29) is 11.7 Å². The second-order valence-corrected chi connectivity index (χ2v) is 7.95. The van der Waals surface area contributed by atoms with Crippen LogP contribution >= 0.6 is 11.8 Å². The number of hydrogen-bond donors (Lipinski definition) is 2. The Balaban J connectivity index is 1.36. The van der Waals surface area contributed by atoms with Crippen molar-refractivity contribution in [3.05, 3.63) is 65.9 Å². The monoisotopic (exact) mass is 430 g/mol. The summed E-state index contributed by atoms with van der Waals surface area (Å²) in [7, 11) is 0. The molecule has 0 saturated carbocycles. The molecule has 2 N–H and O–H groups in total. The fraction of sp³-hybridized carbons (Fsp3) is 0.208. The molecular formula is C24H22N4O2S. The molecule has 7 heteroatoms. The number of para-hydroxylation sites is 1. The van der Waals surface area contributed by atoms with Crippen molar-refractivity contribution in [2.24, 2.45) is 0 Å². The van der Waals surface area contributed by atoms with Crippen molar-refractivity contribution in [1.29, 1.82) is 5.26 Å². The number of aromatic amines is 1. The maximum Gasteiger partial charge on any atom is 0.230 e. The van der Waals surface area contributed by atoms with Crippen LogP contribution in [0.5, 0.6) is 5.75 Å². The number of rotatable bonds is 8. The van der Waals surface area contributed by atoms with Gasteiger partial charge in [0.15, 0.2) is 0 Å². The van der Waals surface area contributed by atoms with Gasteiger partial charge < -0.3 is 15.0 Å². The van der Waals surface area contributed by atoms with Gasteiger partial charge in [0.05, 0.1) is 23.4 Å². The number of carbonyl (C=O) groups excluding carboxylic acids is 1. The average molecular weight is 431 g/mol. The first kappa shape index (κ1) is 20.8. The third kappa shape index (κ3) is 4.81. The van der Waals surface area contributed by atoms with Gasteiger partial charge in [-0.2, -0.15) is 5.26 Å². The first-order chi connectivity index (χ1) is 15.2. The fourth-order valence-corrected chi connectivity index (χ4v) is 4.24. The lowest BCUT2D eigenvalue weighted by atomic mass is 10.1. The van der Waals surface area contributed by atoms with E-state index in [1.807, 2.05) is 49.5 Å². The summed E-state index contributed by atoms with van der Waals surface area (Å²) in [5, 5.41) is 15.0. The molecule has 156 valence electrons. The smallest absolute Gasteiger partial charge is 0.230 e. The number of ether oxygens (including phenoxy) is 1. The Labute approximate surface area is 184 Å². The van der Waals surface area contributed by atoms with E-state index in [0.29, 0.717) is 23.7 Å². The van der Waals surface area contributed by atoms with Crippen LogP contribution < -0.4 is 10.1 Å². The van der Waals surface area contributed by atoms with E-state index in [1.54, 1.807) is 6.07 Å². The van der Waals surface area contributed by atoms with Gasteiger partial charge in [-0.15, -0.1) is 0 Å². The van der Waals surface area contributed by atoms with Crippen molar-refractivity contribution in [3.63, 3.8) is 0 Å². The highest BCUT2D eigenvalue weighted by Crippen LogP contribution is 2.27. The van der Waals surface area contributed by atoms with E-state index in [4.69, 9.17) is 4.74 Å². The number of fused-ring (bicyclic) bond motifs is 2. The molecule has 0 bridgehead atoms. The third-order valence-electron chi connectivity index (χ3n) is 4.91. The van der Waals surface area contributed by atoms with E-state index < -0.39 is 0 Å². The lowest BCUT2D eigenvalue weighted by Crippen LogP contribution is -2.27. The van der Waals surface area contributed by atoms with Gasteiger partial charge in [-0.25, -0.2) is 4.98 Å². The van der Waals surface area contributed by atoms with Crippen molar-refractivity contribution >= 4 is 39.5 Å². The third-order valence-corrected chi connectivity index (χ3v) is 5.91. The molecule has 0 atom stereocenters. The van der Waals surface area contributed by atoms with E-state index >= 15 is 0 Å². The van der Waals surface area contributed by atoms with E-state index in [1.165, 1.54) is 22.7 Å². The van der Waals surface area contributed by atoms with Gasteiger partial charge in [0.2, 0.25) is 5.91 Å². The Hall–Kier alpha value is -3.50. The number of thioether (sulfide) groups is 1. The quantitative estimate of drug-likeness (QED) is 0.403. The van der Waals surface area contributed by atoms with Gasteiger partial charge in [0.1, 0.15) is 16.8 Å². The molecule has 0 spiro atoms. The van der Waals surface area contributed by atoms with Crippen LogP contribution in [0, 0.1) is 11.3 Å². The molecule has 2 heterocycles. The summed E-state index contributed by atoms with van der Waals surface area (Å²) in [6, 6.07) is 17.7. The second-order valence-electron chi connectivity index (χ2n) is 6.99. The summed E-state index contributed by atoms with van der Waals surface area (Å²) in [5.41, 5.74) is 3.50. The lowest BCUT2D eigenvalue weighted by molar-refractivity contribution is -0.118. The van der Waals surface area contributed by atoms with E-state index in [9.17, 15) is 10.1 Å². The molecule has 4 aromatic rings. The molecule has 0 aliphatic heterocycles. The summed E-state index contributed by atoms with van der Waals surface area (Å²) >= 11 is 1.28. The molecule has 0 saturated heterocycles. The van der Waals surface area contributed by atoms with Crippen molar-refractivity contribution in [3.8, 4) is 11.8 Å². The molecule has 0 unspecified atom stereocenters. The van der Waals surface area contributed by atoms with Crippen LogP contribution in [0.1, 0.15) is 18.1 Å². The standard InChI is InChI=1S/C24H22N4O2S/c1-2-30-19-7-8-21-17(12-19)11-18(13-25)24(28-21)31-15-23(29)26-10-9-16-14-27-22-6-4-3-5-20(16)22/h3-8,11-12,14,27H,2,9-10,15H2,1H3,(H,26,29). The topological polar surface area (TPSA) is 90.8 Å². The Morgan fingerprint density at radius 3 is 2.97 bits per heavy atom. The number of aromatic nitrogens is 2. The molecule has 0 aliphatic carbocycles. The maximum atomic E-state index is 12.3. The molecule has 2 aromatic carbocycles. The Morgan fingerprint density at radius 2 is 2.13 bits per heavy atom. The summed E-state index contributed by atoms with van der Waals surface area (Å²) in [6.45, 7) is 3.06. The van der Waals surface area contributed by atoms with E-state index in [2.05, 4.69) is 27.4 Å². The number of hydrogen-bond acceptors (Lipinski definition) is 5. The van der Waals surface area contributed by atoms with Crippen molar-refractivity contribution < 1.29 is 9.53 Å². The number of pyridine rings is 1. The average Bonchev–Trinajstić information content (AvgIpc) is 3.20. The minimum Gasteiger partial charge on any atom is -0.494 e. The zero-order chi connectivity index (χ0) is 21.6. The van der Waals surface area contributed by atoms with Crippen LogP contribution in [0.25, 0.3) is 21.8 Å². The van der Waals surface area contributed by atoms with Crippen molar-refractivity contribution in [2.75, 3.05) is 18.9 Å². The number of nitrogens with zero attached hydrogens (tertiary/aromatic N) is 2. The van der Waals surface area contributed by atoms with Gasteiger partial charge in [-0.1, -0.05) is 30.0 Å². The van der Waals surface area contributed by atoms with Gasteiger partial charge in [0, 0.05) is 29.0 Å². The fourth-order valence-electron chi connectivity index (χ4n) is 3.44. The Bertz CT molecular complexity index is 1280. The highest BCUT2D eigenvalue weighted by molar-refractivity contribution is 8.00. The predicted octanol–water partition coefficient (Wildman–Crippen LogP) is 4.44. The normalized spacial score (nSPS) is 10.8. The van der Waals surface area contributed by atoms with Gasteiger partial charge in [-0.05, 0) is 49.2 Å². The highest BCUT2D eigenvalue weighted by Gasteiger charge is 2.11. The van der Waals surface area contributed by atoms with Crippen LogP contribution in [0.15, 0.2) is 59.8 Å². The molecule has 0 aliphatic rings. The summed E-state index contributed by atoms with van der Waals surface area (Å²) in [4.78, 5) is 20.1. The molecule has 0 radical (unpaired) electrons. The summed E-state index contributed by atoms with van der Waals surface area (Å²) < 4.78 is 5.51. The highest BCUT2D eigenvalue weighted by atomic mass is 32.2. The lowest BCUT2D eigenvalue weighted by Gasteiger charge is -2.08. The minimum atomic E-state index is -0.0812. The summed E-state index contributed by atoms with van der Waals surface area (Å²) in [5.74, 6) is 0.871. The number of carbonyl (C=O) groups is 1. The van der Waals surface area contributed by atoms with Crippen LogP contribution in [-0.2, 0) is 11.2 Å². The predicted molar refractivity (Wildman–Crippen MR) is 123 cm³/mol. The van der Waals surface area contributed by atoms with Crippen LogP contribution in [0.4, 0.5) is 0 Å². The molecule has 2 aromatic heterocycles. The molecule has 4 rings (SSSR count). The molecule has 31 heavy (non-hydrogen) atoms. The number of H-pyrrole nitrogens is 1.